The average Bonchev–Trinajstić information content (AvgIpc) is 3.21. The smallest absolute Gasteiger partial charge is 0.275 e. The highest BCUT2D eigenvalue weighted by Crippen LogP contribution is 2.36. The molecule has 28 heavy (non-hydrogen) atoms. The van der Waals surface area contributed by atoms with Crippen molar-refractivity contribution in [3.05, 3.63) is 41.6 Å². The summed E-state index contributed by atoms with van der Waals surface area (Å²) in [7, 11) is 1.61. The number of hydrogen-bond acceptors (Lipinski definition) is 5. The summed E-state index contributed by atoms with van der Waals surface area (Å²) in [6, 6.07) is 5.73. The second-order valence-electron chi connectivity index (χ2n) is 7.91. The van der Waals surface area contributed by atoms with Gasteiger partial charge in [-0.2, -0.15) is 0 Å². The Morgan fingerprint density at radius 1 is 1.21 bits per heavy atom. The Balaban J connectivity index is 1.37. The fourth-order valence-corrected chi connectivity index (χ4v) is 4.46. The quantitative estimate of drug-likeness (QED) is 0.772. The third kappa shape index (κ3) is 4.01. The van der Waals surface area contributed by atoms with Crippen LogP contribution in [0, 0.1) is 18.8 Å². The fraction of sp³-hybridized carbons (Fsp3) is 0.545. The van der Waals surface area contributed by atoms with E-state index < -0.39 is 0 Å². The number of carbonyl (C=O) groups is 1. The summed E-state index contributed by atoms with van der Waals surface area (Å²) >= 11 is 0. The summed E-state index contributed by atoms with van der Waals surface area (Å²) in [6.07, 6.45) is 7.74. The first kappa shape index (κ1) is 18.8. The van der Waals surface area contributed by atoms with Gasteiger partial charge in [-0.1, -0.05) is 25.3 Å². The summed E-state index contributed by atoms with van der Waals surface area (Å²) < 4.78 is 16.6. The second kappa shape index (κ2) is 8.25. The molecule has 0 N–H and O–H groups in total. The van der Waals surface area contributed by atoms with Gasteiger partial charge in [0, 0.05) is 13.1 Å². The van der Waals surface area contributed by atoms with Gasteiger partial charge in [-0.3, -0.25) is 4.79 Å². The van der Waals surface area contributed by atoms with Crippen molar-refractivity contribution in [1.82, 2.24) is 9.88 Å². The molecule has 6 heteroatoms. The number of likely N-dealkylation sites (tertiary alicyclic amines) is 1. The number of benzene rings is 1. The lowest BCUT2D eigenvalue weighted by atomic mass is 9.75. The van der Waals surface area contributed by atoms with Crippen LogP contribution in [-0.2, 0) is 6.61 Å². The van der Waals surface area contributed by atoms with Crippen LogP contribution in [0.5, 0.6) is 11.5 Å². The number of rotatable bonds is 5. The molecule has 1 aliphatic heterocycles. The van der Waals surface area contributed by atoms with Gasteiger partial charge in [0.2, 0.25) is 5.89 Å². The van der Waals surface area contributed by atoms with E-state index in [1.807, 2.05) is 30.0 Å². The van der Waals surface area contributed by atoms with Crippen LogP contribution in [0.1, 0.15) is 54.0 Å². The fourth-order valence-electron chi connectivity index (χ4n) is 4.46. The van der Waals surface area contributed by atoms with Crippen LogP contribution in [0.15, 0.2) is 28.9 Å². The van der Waals surface area contributed by atoms with Gasteiger partial charge in [0.05, 0.1) is 7.11 Å². The number of oxazole rings is 1. The topological polar surface area (TPSA) is 64.8 Å². The summed E-state index contributed by atoms with van der Waals surface area (Å²) in [4.78, 5) is 19.1. The van der Waals surface area contributed by atoms with Gasteiger partial charge in [-0.25, -0.2) is 4.98 Å². The number of methoxy groups -OCH3 is 1. The minimum Gasteiger partial charge on any atom is -0.493 e. The molecule has 1 saturated carbocycles. The molecule has 0 bridgehead atoms. The molecule has 2 aliphatic rings. The highest BCUT2D eigenvalue weighted by atomic mass is 16.5. The Hall–Kier alpha value is -2.50. The van der Waals surface area contributed by atoms with Gasteiger partial charge < -0.3 is 18.8 Å². The molecule has 2 atom stereocenters. The summed E-state index contributed by atoms with van der Waals surface area (Å²) in [5.74, 6) is 3.08. The molecule has 0 spiro atoms. The molecule has 150 valence electrons. The van der Waals surface area contributed by atoms with Crippen molar-refractivity contribution in [1.29, 1.82) is 0 Å². The van der Waals surface area contributed by atoms with E-state index in [-0.39, 0.29) is 12.5 Å². The minimum atomic E-state index is -0.0352. The van der Waals surface area contributed by atoms with E-state index in [9.17, 15) is 4.79 Å². The molecule has 1 saturated heterocycles. The van der Waals surface area contributed by atoms with Gasteiger partial charge in [0.25, 0.3) is 5.91 Å². The largest absolute Gasteiger partial charge is 0.493 e. The number of carbonyl (C=O) groups excluding carboxylic acids is 1. The monoisotopic (exact) mass is 384 g/mol. The zero-order valence-electron chi connectivity index (χ0n) is 16.6. The first-order valence-electron chi connectivity index (χ1n) is 10.1. The number of piperidine rings is 1. The van der Waals surface area contributed by atoms with E-state index in [0.29, 0.717) is 29.0 Å². The number of hydrogen-bond donors (Lipinski definition) is 0. The first-order chi connectivity index (χ1) is 13.6. The standard InChI is InChI=1S/C22H28N2O4/c1-15-7-8-19(20(11-15)26-2)27-14-21-23-18(13-28-21)22(25)24-10-9-16-5-3-4-6-17(16)12-24/h7-8,11,13,16-17H,3-6,9-10,12,14H2,1-2H3/t16-,17-/m0/s1. The minimum absolute atomic E-state index is 0.0352. The maximum absolute atomic E-state index is 12.8. The normalized spacial score (nSPS) is 21.9. The molecule has 4 rings (SSSR count). The Morgan fingerprint density at radius 3 is 2.86 bits per heavy atom. The molecule has 1 aromatic heterocycles. The van der Waals surface area contributed by atoms with Gasteiger partial charge >= 0.3 is 0 Å². The van der Waals surface area contributed by atoms with E-state index >= 15 is 0 Å². The van der Waals surface area contributed by atoms with Crippen LogP contribution in [0.3, 0.4) is 0 Å². The van der Waals surface area contributed by atoms with E-state index in [1.54, 1.807) is 7.11 Å². The van der Waals surface area contributed by atoms with Gasteiger partial charge in [-0.05, 0) is 49.3 Å². The number of aryl methyl sites for hydroxylation is 1. The maximum atomic E-state index is 12.8. The van der Waals surface area contributed by atoms with Gasteiger partial charge in [0.15, 0.2) is 23.8 Å². The molecule has 0 radical (unpaired) electrons. The SMILES string of the molecule is COc1cc(C)ccc1OCc1nc(C(=O)N2CC[C@@H]3CCCC[C@H]3C2)co1. The van der Waals surface area contributed by atoms with Crippen molar-refractivity contribution < 1.29 is 18.7 Å². The molecule has 1 aliphatic carbocycles. The van der Waals surface area contributed by atoms with E-state index in [2.05, 4.69) is 4.98 Å². The number of fused-ring (bicyclic) bond motifs is 1. The number of aromatic nitrogens is 1. The zero-order valence-corrected chi connectivity index (χ0v) is 16.6. The third-order valence-electron chi connectivity index (χ3n) is 6.02. The molecule has 0 unspecified atom stereocenters. The lowest BCUT2D eigenvalue weighted by molar-refractivity contribution is 0.0515. The summed E-state index contributed by atoms with van der Waals surface area (Å²) in [5, 5.41) is 0. The van der Waals surface area contributed by atoms with Crippen molar-refractivity contribution >= 4 is 5.91 Å². The molecular weight excluding hydrogens is 356 g/mol. The second-order valence-corrected chi connectivity index (χ2v) is 7.91. The van der Waals surface area contributed by atoms with E-state index in [4.69, 9.17) is 13.9 Å². The van der Waals surface area contributed by atoms with Crippen LogP contribution >= 0.6 is 0 Å². The molecule has 1 aromatic carbocycles. The Kier molecular flexibility index (Phi) is 5.55. The Morgan fingerprint density at radius 2 is 2.04 bits per heavy atom. The van der Waals surface area contributed by atoms with Crippen molar-refractivity contribution in [2.45, 2.75) is 45.6 Å². The number of amides is 1. The van der Waals surface area contributed by atoms with Crippen LogP contribution in [0.2, 0.25) is 0 Å². The van der Waals surface area contributed by atoms with E-state index in [0.717, 1.165) is 31.0 Å². The number of nitrogens with zero attached hydrogens (tertiary/aromatic N) is 2. The van der Waals surface area contributed by atoms with Crippen molar-refractivity contribution in [2.24, 2.45) is 11.8 Å². The highest BCUT2D eigenvalue weighted by molar-refractivity contribution is 5.92. The summed E-state index contributed by atoms with van der Waals surface area (Å²) in [6.45, 7) is 3.81. The Labute approximate surface area is 165 Å². The first-order valence-corrected chi connectivity index (χ1v) is 10.1. The van der Waals surface area contributed by atoms with Crippen molar-refractivity contribution in [3.8, 4) is 11.5 Å². The molecule has 2 fully saturated rings. The van der Waals surface area contributed by atoms with Crippen LogP contribution in [0.4, 0.5) is 0 Å². The van der Waals surface area contributed by atoms with E-state index in [1.165, 1.54) is 31.9 Å². The van der Waals surface area contributed by atoms with Gasteiger partial charge in [0.1, 0.15) is 6.26 Å². The Bertz CT molecular complexity index is 832. The lowest BCUT2D eigenvalue weighted by Crippen LogP contribution is -2.44. The average molecular weight is 384 g/mol. The van der Waals surface area contributed by atoms with Crippen LogP contribution in [-0.4, -0.2) is 36.0 Å². The molecule has 1 amide bonds. The van der Waals surface area contributed by atoms with Gasteiger partial charge in [-0.15, -0.1) is 0 Å². The zero-order chi connectivity index (χ0) is 19.5. The number of ether oxygens (including phenoxy) is 2. The third-order valence-corrected chi connectivity index (χ3v) is 6.02. The summed E-state index contributed by atoms with van der Waals surface area (Å²) in [5.41, 5.74) is 1.46. The van der Waals surface area contributed by atoms with Crippen molar-refractivity contribution in [3.63, 3.8) is 0 Å². The highest BCUT2D eigenvalue weighted by Gasteiger charge is 2.34. The molecule has 2 heterocycles. The maximum Gasteiger partial charge on any atom is 0.275 e. The van der Waals surface area contributed by atoms with Crippen LogP contribution < -0.4 is 9.47 Å². The molecular formula is C22H28N2O4. The predicted molar refractivity (Wildman–Crippen MR) is 105 cm³/mol. The molecule has 2 aromatic rings. The predicted octanol–water partition coefficient (Wildman–Crippen LogP) is 4.22. The molecule has 6 nitrogen and oxygen atoms in total. The lowest BCUT2D eigenvalue weighted by Gasteiger charge is -2.41. The van der Waals surface area contributed by atoms with Crippen LogP contribution in [0.25, 0.3) is 0 Å². The van der Waals surface area contributed by atoms with Crippen molar-refractivity contribution in [2.75, 3.05) is 20.2 Å².